The largest absolute Gasteiger partial charge is 0.351 e. The Kier molecular flexibility index (Phi) is 10.4. The number of hydrogen-bond donors (Lipinski definition) is 3. The molecule has 2 fully saturated rings. The van der Waals surface area contributed by atoms with Crippen LogP contribution in [0.1, 0.15) is 55.8 Å². The molecule has 0 radical (unpaired) electrons. The molecule has 1 aliphatic heterocycles. The zero-order valence-corrected chi connectivity index (χ0v) is 18.7. The van der Waals surface area contributed by atoms with Gasteiger partial charge in [-0.2, -0.15) is 0 Å². The summed E-state index contributed by atoms with van der Waals surface area (Å²) < 4.78 is 0. The molecule has 0 spiro atoms. The highest BCUT2D eigenvalue weighted by atomic mass is 35.5. The van der Waals surface area contributed by atoms with Crippen LogP contribution >= 0.6 is 24.8 Å². The molecule has 0 aromatic heterocycles. The second-order valence-electron chi connectivity index (χ2n) is 8.18. The molecule has 1 aromatic rings. The number of halogens is 2. The Hall–Kier alpha value is -1.34. The van der Waals surface area contributed by atoms with E-state index in [-0.39, 0.29) is 42.5 Å². The quantitative estimate of drug-likeness (QED) is 0.628. The lowest BCUT2D eigenvalue weighted by molar-refractivity contribution is -0.122. The molecule has 1 saturated heterocycles. The maximum Gasteiger partial charge on any atom is 0.251 e. The van der Waals surface area contributed by atoms with E-state index in [4.69, 9.17) is 5.73 Å². The highest BCUT2D eigenvalue weighted by Gasteiger charge is 2.37. The standard InChI is InChI=1S/C21H32N4O2.2ClH/c1-21(22)11-3-2-6-18(21)20(27)24-17-9-7-16(8-10-17)19(26)23-12-15-25-13-4-5-14-25;;/h7-10,18H,2-6,11-15,22H2,1H3,(H,23,26)(H,24,27);2*1H. The summed E-state index contributed by atoms with van der Waals surface area (Å²) in [4.78, 5) is 27.2. The Labute approximate surface area is 186 Å². The van der Waals surface area contributed by atoms with Gasteiger partial charge in [-0.25, -0.2) is 0 Å². The molecule has 2 aliphatic rings. The van der Waals surface area contributed by atoms with Gasteiger partial charge in [0.05, 0.1) is 5.92 Å². The molecular weight excluding hydrogens is 411 g/mol. The van der Waals surface area contributed by atoms with Gasteiger partial charge in [-0.1, -0.05) is 12.8 Å². The third kappa shape index (κ3) is 7.14. The fourth-order valence-electron chi connectivity index (χ4n) is 4.16. The average molecular weight is 445 g/mol. The van der Waals surface area contributed by atoms with Gasteiger partial charge in [-0.05, 0) is 70.0 Å². The SMILES string of the molecule is CC1(N)CCCCC1C(=O)Nc1ccc(C(=O)NCCN2CCCC2)cc1.Cl.Cl. The van der Waals surface area contributed by atoms with Crippen LogP contribution in [0.4, 0.5) is 5.69 Å². The zero-order chi connectivity index (χ0) is 19.3. The first kappa shape index (κ1) is 25.7. The number of carbonyl (C=O) groups excluding carboxylic acids is 2. The van der Waals surface area contributed by atoms with E-state index in [1.807, 2.05) is 6.92 Å². The van der Waals surface area contributed by atoms with Crippen molar-refractivity contribution in [3.05, 3.63) is 29.8 Å². The summed E-state index contributed by atoms with van der Waals surface area (Å²) in [6, 6.07) is 7.07. The number of carbonyl (C=O) groups is 2. The first-order chi connectivity index (χ1) is 13.0. The van der Waals surface area contributed by atoms with Crippen LogP contribution in [0.5, 0.6) is 0 Å². The lowest BCUT2D eigenvalue weighted by Gasteiger charge is -2.37. The zero-order valence-electron chi connectivity index (χ0n) is 17.1. The molecule has 6 nitrogen and oxygen atoms in total. The van der Waals surface area contributed by atoms with Gasteiger partial charge in [-0.3, -0.25) is 9.59 Å². The molecule has 1 aliphatic carbocycles. The Morgan fingerprint density at radius 3 is 2.38 bits per heavy atom. The van der Waals surface area contributed by atoms with E-state index in [2.05, 4.69) is 15.5 Å². The van der Waals surface area contributed by atoms with Gasteiger partial charge in [0.2, 0.25) is 5.91 Å². The molecular formula is C21H34Cl2N4O2. The van der Waals surface area contributed by atoms with Gasteiger partial charge in [0.1, 0.15) is 0 Å². The van der Waals surface area contributed by atoms with Crippen molar-refractivity contribution in [3.8, 4) is 0 Å². The molecule has 2 atom stereocenters. The van der Waals surface area contributed by atoms with Crippen molar-refractivity contribution in [2.24, 2.45) is 11.7 Å². The van der Waals surface area contributed by atoms with Crippen LogP contribution in [0.3, 0.4) is 0 Å². The fraction of sp³-hybridized carbons (Fsp3) is 0.619. The molecule has 164 valence electrons. The van der Waals surface area contributed by atoms with Gasteiger partial charge >= 0.3 is 0 Å². The minimum Gasteiger partial charge on any atom is -0.351 e. The number of hydrogen-bond acceptors (Lipinski definition) is 4. The van der Waals surface area contributed by atoms with E-state index >= 15 is 0 Å². The van der Waals surface area contributed by atoms with Gasteiger partial charge in [-0.15, -0.1) is 24.8 Å². The molecule has 1 aromatic carbocycles. The van der Waals surface area contributed by atoms with Crippen LogP contribution in [0.15, 0.2) is 24.3 Å². The maximum absolute atomic E-state index is 12.6. The van der Waals surface area contributed by atoms with E-state index in [1.165, 1.54) is 12.8 Å². The molecule has 0 bridgehead atoms. The molecule has 29 heavy (non-hydrogen) atoms. The fourth-order valence-corrected chi connectivity index (χ4v) is 4.16. The van der Waals surface area contributed by atoms with Gasteiger partial charge in [0.15, 0.2) is 0 Å². The summed E-state index contributed by atoms with van der Waals surface area (Å²) in [7, 11) is 0. The third-order valence-electron chi connectivity index (χ3n) is 5.90. The summed E-state index contributed by atoms with van der Waals surface area (Å²) in [5.41, 5.74) is 7.18. The van der Waals surface area contributed by atoms with E-state index in [0.717, 1.165) is 45.3 Å². The topological polar surface area (TPSA) is 87.5 Å². The molecule has 4 N–H and O–H groups in total. The molecule has 2 unspecified atom stereocenters. The average Bonchev–Trinajstić information content (AvgIpc) is 3.15. The van der Waals surface area contributed by atoms with Crippen LogP contribution in [0, 0.1) is 5.92 Å². The van der Waals surface area contributed by atoms with Crippen molar-refractivity contribution in [2.75, 3.05) is 31.5 Å². The van der Waals surface area contributed by atoms with Crippen LogP contribution in [0.25, 0.3) is 0 Å². The smallest absolute Gasteiger partial charge is 0.251 e. The predicted molar refractivity (Wildman–Crippen MR) is 122 cm³/mol. The summed E-state index contributed by atoms with van der Waals surface area (Å²) in [5.74, 6) is -0.267. The normalized spacial score (nSPS) is 24.1. The number of likely N-dealkylation sites (tertiary alicyclic amines) is 1. The van der Waals surface area contributed by atoms with Crippen molar-refractivity contribution in [2.45, 2.75) is 51.0 Å². The number of nitrogens with two attached hydrogens (primary N) is 1. The Bertz CT molecular complexity index is 661. The molecule has 3 rings (SSSR count). The van der Waals surface area contributed by atoms with Gasteiger partial charge in [0.25, 0.3) is 5.91 Å². The highest BCUT2D eigenvalue weighted by molar-refractivity contribution is 5.96. The van der Waals surface area contributed by atoms with E-state index < -0.39 is 5.54 Å². The predicted octanol–water partition coefficient (Wildman–Crippen LogP) is 3.20. The lowest BCUT2D eigenvalue weighted by Crippen LogP contribution is -2.51. The van der Waals surface area contributed by atoms with Crippen molar-refractivity contribution in [1.82, 2.24) is 10.2 Å². The summed E-state index contributed by atoms with van der Waals surface area (Å²) in [6.07, 6.45) is 6.34. The van der Waals surface area contributed by atoms with E-state index in [0.29, 0.717) is 17.8 Å². The Balaban J connectivity index is 0.00000210. The second kappa shape index (κ2) is 11.7. The van der Waals surface area contributed by atoms with Gasteiger partial charge in [0, 0.05) is 29.9 Å². The molecule has 8 heteroatoms. The Morgan fingerprint density at radius 2 is 1.76 bits per heavy atom. The van der Waals surface area contributed by atoms with Crippen LogP contribution in [0.2, 0.25) is 0 Å². The van der Waals surface area contributed by atoms with Crippen LogP contribution < -0.4 is 16.4 Å². The monoisotopic (exact) mass is 444 g/mol. The van der Waals surface area contributed by atoms with Gasteiger partial charge < -0.3 is 21.3 Å². The number of benzene rings is 1. The van der Waals surface area contributed by atoms with E-state index in [9.17, 15) is 9.59 Å². The number of anilines is 1. The number of nitrogens with one attached hydrogen (secondary N) is 2. The highest BCUT2D eigenvalue weighted by Crippen LogP contribution is 2.32. The van der Waals surface area contributed by atoms with E-state index in [1.54, 1.807) is 24.3 Å². The molecule has 2 amide bonds. The third-order valence-corrected chi connectivity index (χ3v) is 5.90. The number of amides is 2. The van der Waals surface area contributed by atoms with Crippen LogP contribution in [-0.4, -0.2) is 48.4 Å². The van der Waals surface area contributed by atoms with Crippen molar-refractivity contribution in [1.29, 1.82) is 0 Å². The first-order valence-corrected chi connectivity index (χ1v) is 10.2. The lowest BCUT2D eigenvalue weighted by atomic mass is 9.74. The minimum absolute atomic E-state index is 0. The molecule has 1 heterocycles. The van der Waals surface area contributed by atoms with Crippen LogP contribution in [-0.2, 0) is 4.79 Å². The maximum atomic E-state index is 12.6. The first-order valence-electron chi connectivity index (χ1n) is 10.2. The summed E-state index contributed by atoms with van der Waals surface area (Å²) >= 11 is 0. The minimum atomic E-state index is -0.447. The second-order valence-corrected chi connectivity index (χ2v) is 8.18. The van der Waals surface area contributed by atoms with Crippen molar-refractivity contribution < 1.29 is 9.59 Å². The molecule has 1 saturated carbocycles. The Morgan fingerprint density at radius 1 is 1.10 bits per heavy atom. The van der Waals surface area contributed by atoms with Crippen molar-refractivity contribution in [3.63, 3.8) is 0 Å². The summed E-state index contributed by atoms with van der Waals surface area (Å²) in [5, 5.41) is 5.92. The van der Waals surface area contributed by atoms with Crippen molar-refractivity contribution >= 4 is 42.3 Å². The summed E-state index contributed by atoms with van der Waals surface area (Å²) in [6.45, 7) is 5.79. The number of rotatable bonds is 6. The number of nitrogens with zero attached hydrogens (tertiary/aromatic N) is 1.